The highest BCUT2D eigenvalue weighted by Gasteiger charge is 2.51. The van der Waals surface area contributed by atoms with Gasteiger partial charge in [-0.05, 0) is 64.2 Å². The average Bonchev–Trinajstić information content (AvgIpc) is 2.36. The normalized spacial score (nSPS) is 38.6. The molecule has 21 heavy (non-hydrogen) atoms. The third-order valence-electron chi connectivity index (χ3n) is 5.28. The minimum Gasteiger partial charge on any atom is -0.481 e. The fourth-order valence-electron chi connectivity index (χ4n) is 4.45. The molecule has 0 heterocycles. The average molecular weight is 294 g/mol. The molecule has 0 amide bonds. The van der Waals surface area contributed by atoms with E-state index in [0.717, 1.165) is 19.3 Å². The second-order valence-corrected chi connectivity index (χ2v) is 7.34. The maximum Gasteiger partial charge on any atom is 0.333 e. The number of carbonyl (C=O) groups excluding carboxylic acids is 1. The van der Waals surface area contributed by atoms with E-state index in [2.05, 4.69) is 6.58 Å². The van der Waals surface area contributed by atoms with Gasteiger partial charge in [0.2, 0.25) is 0 Å². The second kappa shape index (κ2) is 5.47. The van der Waals surface area contributed by atoms with E-state index in [1.807, 2.05) is 13.8 Å². The number of carboxylic acid groups (broad SMARTS) is 1. The van der Waals surface area contributed by atoms with Gasteiger partial charge in [-0.15, -0.1) is 0 Å². The van der Waals surface area contributed by atoms with Crippen LogP contribution in [-0.2, 0) is 14.3 Å². The molecule has 0 aromatic heterocycles. The molecule has 2 atom stereocenters. The number of hydrogen-bond donors (Lipinski definition) is 1. The first-order valence-electron chi connectivity index (χ1n) is 7.82. The second-order valence-electron chi connectivity index (χ2n) is 7.34. The van der Waals surface area contributed by atoms with E-state index in [9.17, 15) is 14.7 Å². The van der Waals surface area contributed by atoms with Crippen molar-refractivity contribution < 1.29 is 19.4 Å². The van der Waals surface area contributed by atoms with Crippen molar-refractivity contribution in [1.82, 2.24) is 0 Å². The molecule has 4 nitrogen and oxygen atoms in total. The van der Waals surface area contributed by atoms with E-state index < -0.39 is 17.0 Å². The Morgan fingerprint density at radius 3 is 2.14 bits per heavy atom. The minimum absolute atomic E-state index is 0.330. The standard InChI is InChI=1S/C17H26O4/c1-5-17(15(19)20)9-12-6-13(10-17)8-16(4,7-12)21-14(18)11(2)3/h12-13H,2,5-10H2,1,3-4H3,(H,19,20). The molecule has 2 rings (SSSR count). The monoisotopic (exact) mass is 294 g/mol. The maximum absolute atomic E-state index is 11.8. The van der Waals surface area contributed by atoms with Gasteiger partial charge in [-0.2, -0.15) is 0 Å². The van der Waals surface area contributed by atoms with Gasteiger partial charge in [0.1, 0.15) is 5.60 Å². The van der Waals surface area contributed by atoms with Gasteiger partial charge in [-0.1, -0.05) is 13.5 Å². The number of aliphatic carboxylic acids is 1. The zero-order valence-electron chi connectivity index (χ0n) is 13.3. The molecule has 1 N–H and O–H groups in total. The first-order chi connectivity index (χ1) is 9.69. The summed E-state index contributed by atoms with van der Waals surface area (Å²) < 4.78 is 5.65. The van der Waals surface area contributed by atoms with Crippen LogP contribution in [0.2, 0.25) is 0 Å². The Labute approximate surface area is 126 Å². The van der Waals surface area contributed by atoms with Crippen molar-refractivity contribution in [3.05, 3.63) is 12.2 Å². The molecule has 0 aromatic carbocycles. The summed E-state index contributed by atoms with van der Waals surface area (Å²) >= 11 is 0. The molecule has 0 saturated heterocycles. The molecular weight excluding hydrogens is 268 g/mol. The Balaban J connectivity index is 2.13. The summed E-state index contributed by atoms with van der Waals surface area (Å²) in [5, 5.41) is 9.60. The number of hydrogen-bond acceptors (Lipinski definition) is 3. The molecular formula is C17H26O4. The van der Waals surface area contributed by atoms with Crippen molar-refractivity contribution in [1.29, 1.82) is 0 Å². The van der Waals surface area contributed by atoms with Crippen LogP contribution in [0.4, 0.5) is 0 Å². The summed E-state index contributed by atoms with van der Waals surface area (Å²) in [6.07, 6.45) is 4.67. The molecule has 2 bridgehead atoms. The Hall–Kier alpha value is -1.32. The number of carbonyl (C=O) groups is 2. The van der Waals surface area contributed by atoms with E-state index in [1.54, 1.807) is 6.92 Å². The molecule has 0 aromatic rings. The van der Waals surface area contributed by atoms with E-state index >= 15 is 0 Å². The first kappa shape index (κ1) is 16.1. The number of fused-ring (bicyclic) bond motifs is 2. The van der Waals surface area contributed by atoms with Crippen molar-refractivity contribution in [2.24, 2.45) is 17.3 Å². The highest BCUT2D eigenvalue weighted by Crippen LogP contribution is 2.53. The fraction of sp³-hybridized carbons (Fsp3) is 0.765. The Kier molecular flexibility index (Phi) is 4.18. The first-order valence-corrected chi connectivity index (χ1v) is 7.82. The molecule has 2 aliphatic carbocycles. The molecule has 0 aliphatic heterocycles. The summed E-state index contributed by atoms with van der Waals surface area (Å²) in [6.45, 7) is 9.23. The quantitative estimate of drug-likeness (QED) is 0.636. The minimum atomic E-state index is -0.665. The van der Waals surface area contributed by atoms with Crippen LogP contribution in [0.1, 0.15) is 59.3 Å². The summed E-state index contributed by atoms with van der Waals surface area (Å²) in [7, 11) is 0. The van der Waals surface area contributed by atoms with E-state index in [4.69, 9.17) is 4.74 Å². The smallest absolute Gasteiger partial charge is 0.333 e. The largest absolute Gasteiger partial charge is 0.481 e. The van der Waals surface area contributed by atoms with Gasteiger partial charge in [-0.25, -0.2) is 4.79 Å². The molecule has 0 spiro atoms. The third kappa shape index (κ3) is 3.14. The zero-order valence-corrected chi connectivity index (χ0v) is 13.3. The van der Waals surface area contributed by atoms with Crippen molar-refractivity contribution in [2.45, 2.75) is 64.9 Å². The SMILES string of the molecule is C=C(C)C(=O)OC1(C)CC2CC(C1)CC(CC)(C(=O)O)C2. The highest BCUT2D eigenvalue weighted by molar-refractivity contribution is 5.87. The van der Waals surface area contributed by atoms with Crippen LogP contribution in [0.15, 0.2) is 12.2 Å². The lowest BCUT2D eigenvalue weighted by atomic mass is 9.57. The van der Waals surface area contributed by atoms with Gasteiger partial charge in [0.15, 0.2) is 0 Å². The van der Waals surface area contributed by atoms with E-state index in [1.165, 1.54) is 0 Å². The lowest BCUT2D eigenvalue weighted by molar-refractivity contribution is -0.171. The summed E-state index contributed by atoms with van der Waals surface area (Å²) in [5.74, 6) is -0.340. The summed E-state index contributed by atoms with van der Waals surface area (Å²) in [6, 6.07) is 0. The van der Waals surface area contributed by atoms with Gasteiger partial charge in [0.05, 0.1) is 5.41 Å². The maximum atomic E-state index is 11.8. The van der Waals surface area contributed by atoms with Gasteiger partial charge >= 0.3 is 11.9 Å². The van der Waals surface area contributed by atoms with Crippen molar-refractivity contribution >= 4 is 11.9 Å². The number of carboxylic acids is 1. The predicted octanol–water partition coefficient (Wildman–Crippen LogP) is 3.56. The zero-order chi connectivity index (χ0) is 15.8. The Bertz CT molecular complexity index is 451. The molecule has 2 unspecified atom stereocenters. The number of ether oxygens (including phenoxy) is 1. The Morgan fingerprint density at radius 2 is 1.76 bits per heavy atom. The van der Waals surface area contributed by atoms with Crippen LogP contribution in [-0.4, -0.2) is 22.6 Å². The van der Waals surface area contributed by atoms with Gasteiger partial charge in [-0.3, -0.25) is 4.79 Å². The number of esters is 1. The van der Waals surface area contributed by atoms with Crippen LogP contribution < -0.4 is 0 Å². The van der Waals surface area contributed by atoms with Gasteiger partial charge in [0.25, 0.3) is 0 Å². The topological polar surface area (TPSA) is 63.6 Å². The Morgan fingerprint density at radius 1 is 1.24 bits per heavy atom. The highest BCUT2D eigenvalue weighted by atomic mass is 16.6. The van der Waals surface area contributed by atoms with Gasteiger partial charge in [0, 0.05) is 5.57 Å². The lowest BCUT2D eigenvalue weighted by Crippen LogP contribution is -2.48. The van der Waals surface area contributed by atoms with Gasteiger partial charge < -0.3 is 9.84 Å². The molecule has 118 valence electrons. The van der Waals surface area contributed by atoms with Crippen molar-refractivity contribution in [3.8, 4) is 0 Å². The molecule has 0 radical (unpaired) electrons. The fourth-order valence-corrected chi connectivity index (χ4v) is 4.45. The molecule has 2 fully saturated rings. The van der Waals surface area contributed by atoms with Crippen LogP contribution >= 0.6 is 0 Å². The molecule has 2 saturated carbocycles. The van der Waals surface area contributed by atoms with Crippen molar-refractivity contribution in [3.63, 3.8) is 0 Å². The number of rotatable bonds is 4. The summed E-state index contributed by atoms with van der Waals surface area (Å²) in [4.78, 5) is 23.5. The molecule has 4 heteroatoms. The van der Waals surface area contributed by atoms with E-state index in [0.29, 0.717) is 36.7 Å². The van der Waals surface area contributed by atoms with Crippen LogP contribution in [0.25, 0.3) is 0 Å². The van der Waals surface area contributed by atoms with Crippen LogP contribution in [0.3, 0.4) is 0 Å². The van der Waals surface area contributed by atoms with E-state index in [-0.39, 0.29) is 5.97 Å². The summed E-state index contributed by atoms with van der Waals surface area (Å²) in [5.41, 5.74) is -0.629. The van der Waals surface area contributed by atoms with Crippen molar-refractivity contribution in [2.75, 3.05) is 0 Å². The van der Waals surface area contributed by atoms with Crippen LogP contribution in [0, 0.1) is 17.3 Å². The van der Waals surface area contributed by atoms with Crippen LogP contribution in [0.5, 0.6) is 0 Å². The predicted molar refractivity (Wildman–Crippen MR) is 79.7 cm³/mol. The lowest BCUT2D eigenvalue weighted by Gasteiger charge is -2.50. The molecule has 2 aliphatic rings. The third-order valence-corrected chi connectivity index (χ3v) is 5.28.